The lowest BCUT2D eigenvalue weighted by atomic mass is 10.2. The molecule has 1 heterocycles. The molecule has 17 heteroatoms. The van der Waals surface area contributed by atoms with Crippen LogP contribution in [-0.4, -0.2) is 0 Å². The summed E-state index contributed by atoms with van der Waals surface area (Å²) >= 11 is 0. The quantitative estimate of drug-likeness (QED) is 0.106. The minimum atomic E-state index is -4.29. The summed E-state index contributed by atoms with van der Waals surface area (Å²) in [6.07, 6.45) is 0. The van der Waals surface area contributed by atoms with Crippen LogP contribution in [0.5, 0.6) is 34.5 Å². The molecule has 7 rings (SSSR count). The molecule has 1 unspecified atom stereocenters. The van der Waals surface area contributed by atoms with Crippen LogP contribution >= 0.6 is 23.0 Å². The molecule has 0 saturated heterocycles. The molecule has 1 atom stereocenters. The molecule has 0 amide bonds. The molecule has 6 aromatic carbocycles. The number of rotatable bonds is 12. The Kier molecular flexibility index (Phi) is 11.3. The van der Waals surface area contributed by atoms with E-state index in [1.807, 2.05) is 0 Å². The average Bonchev–Trinajstić information content (AvgIpc) is 3.25. The maximum Gasteiger partial charge on any atom is 0.460 e. The van der Waals surface area contributed by atoms with Gasteiger partial charge < -0.3 is 27.1 Å². The van der Waals surface area contributed by atoms with Crippen molar-refractivity contribution in [2.24, 2.45) is 13.5 Å². The highest BCUT2D eigenvalue weighted by Crippen LogP contribution is 2.78. The fourth-order valence-electron chi connectivity index (χ4n) is 5.01. The van der Waals surface area contributed by atoms with Crippen molar-refractivity contribution < 1.29 is 27.1 Å². The zero-order valence-electron chi connectivity index (χ0n) is 29.8. The lowest BCUT2D eigenvalue weighted by Gasteiger charge is -2.33. The Morgan fingerprint density at radius 1 is 0.276 bits per heavy atom. The first-order chi connectivity index (χ1) is 28.3. The lowest BCUT2D eigenvalue weighted by Crippen LogP contribution is -2.11. The Labute approximate surface area is 333 Å². The Bertz CT molecular complexity index is 2610. The van der Waals surface area contributed by atoms with E-state index in [9.17, 15) is 26.3 Å². The van der Waals surface area contributed by atoms with Gasteiger partial charge in [-0.15, -0.1) is 0 Å². The highest BCUT2D eigenvalue weighted by Gasteiger charge is 2.49. The first kappa shape index (κ1) is 38.5. The van der Waals surface area contributed by atoms with Gasteiger partial charge in [-0.2, -0.15) is 26.3 Å². The predicted octanol–water partition coefficient (Wildman–Crippen LogP) is 11.7. The first-order valence-electron chi connectivity index (χ1n) is 16.9. The predicted molar refractivity (Wildman–Crippen MR) is 214 cm³/mol. The molecule has 280 valence electrons. The second kappa shape index (κ2) is 17.0. The largest absolute Gasteiger partial charge is 0.460 e. The number of nitrogens with zero attached hydrogens (tertiary/aromatic N) is 8. The fourth-order valence-corrected chi connectivity index (χ4v) is 14.1. The van der Waals surface area contributed by atoms with Crippen LogP contribution in [0.4, 0.5) is 0 Å². The third-order valence-electron chi connectivity index (χ3n) is 7.68. The van der Waals surface area contributed by atoms with Gasteiger partial charge in [0.05, 0.1) is 58.2 Å². The van der Waals surface area contributed by atoms with Gasteiger partial charge in [-0.3, -0.25) is 0 Å². The van der Waals surface area contributed by atoms with Crippen molar-refractivity contribution >= 4 is 23.0 Å². The number of benzene rings is 6. The van der Waals surface area contributed by atoms with Crippen LogP contribution in [0.1, 0.15) is 27.8 Å². The van der Waals surface area contributed by atoms with E-state index in [1.54, 1.807) is 152 Å². The third-order valence-corrected chi connectivity index (χ3v) is 15.8. The Morgan fingerprint density at radius 2 is 0.466 bits per heavy atom. The van der Waals surface area contributed by atoms with Gasteiger partial charge in [0.2, 0.25) is 0 Å². The summed E-state index contributed by atoms with van der Waals surface area (Å²) in [6.45, 7) is 0. The van der Waals surface area contributed by atoms with Crippen molar-refractivity contribution in [1.82, 2.24) is 0 Å². The van der Waals surface area contributed by atoms with Gasteiger partial charge in [0.25, 0.3) is 0 Å². The van der Waals surface area contributed by atoms with E-state index in [2.05, 4.69) is 30.3 Å². The molecule has 0 radical (unpaired) electrons. The third kappa shape index (κ3) is 9.20. The van der Waals surface area contributed by atoms with E-state index in [-0.39, 0.29) is 34.5 Å². The minimum Gasteiger partial charge on any atom is -0.413 e. The minimum absolute atomic E-state index is 0.182. The zero-order valence-corrected chi connectivity index (χ0v) is 32.5. The molecular weight excluding hydrogens is 793 g/mol. The van der Waals surface area contributed by atoms with Crippen molar-refractivity contribution in [3.8, 4) is 64.8 Å². The molecule has 0 saturated carbocycles. The molecule has 14 nitrogen and oxygen atoms in total. The molecule has 1 aliphatic rings. The fraction of sp³-hybridized carbons (Fsp3) is 0. The van der Waals surface area contributed by atoms with Gasteiger partial charge in [0.1, 0.15) is 34.5 Å². The van der Waals surface area contributed by atoms with Crippen LogP contribution < -0.4 is 27.1 Å². The van der Waals surface area contributed by atoms with Crippen molar-refractivity contribution in [2.75, 3.05) is 0 Å². The first-order valence-corrected chi connectivity index (χ1v) is 21.5. The van der Waals surface area contributed by atoms with Crippen molar-refractivity contribution in [3.05, 3.63) is 179 Å². The highest BCUT2D eigenvalue weighted by atomic mass is 31.3. The smallest absolute Gasteiger partial charge is 0.413 e. The van der Waals surface area contributed by atoms with Crippen LogP contribution in [0.15, 0.2) is 165 Å². The van der Waals surface area contributed by atoms with Crippen molar-refractivity contribution in [2.45, 2.75) is 0 Å². The topological polar surface area (TPSA) is 211 Å². The monoisotopic (exact) mass is 818 g/mol. The van der Waals surface area contributed by atoms with Crippen LogP contribution in [0.3, 0.4) is 0 Å². The van der Waals surface area contributed by atoms with Crippen LogP contribution in [0, 0.1) is 56.7 Å². The number of nitriles is 5. The summed E-state index contributed by atoms with van der Waals surface area (Å²) in [5.74, 6) is 1.21. The Hall–Kier alpha value is -7.74. The summed E-state index contributed by atoms with van der Waals surface area (Å²) in [5.41, 5.74) is 1.78. The maximum absolute atomic E-state index is 9.54. The van der Waals surface area contributed by atoms with E-state index in [0.717, 1.165) is 0 Å². The van der Waals surface area contributed by atoms with E-state index in [0.29, 0.717) is 27.8 Å². The summed E-state index contributed by atoms with van der Waals surface area (Å²) < 4.78 is 55.4. The lowest BCUT2D eigenvalue weighted by molar-refractivity contribution is 0.443. The summed E-state index contributed by atoms with van der Waals surface area (Å²) in [6, 6.07) is 49.9. The molecule has 0 spiro atoms. The average molecular weight is 819 g/mol. The molecule has 0 aliphatic carbocycles. The summed E-state index contributed by atoms with van der Waals surface area (Å²) in [4.78, 5) is 0. The number of hydrogen-bond acceptors (Lipinski definition) is 14. The van der Waals surface area contributed by atoms with Gasteiger partial charge in [0, 0.05) is 0 Å². The van der Waals surface area contributed by atoms with Crippen molar-refractivity contribution in [3.63, 3.8) is 0 Å². The second-order valence-corrected chi connectivity index (χ2v) is 18.0. The molecule has 58 heavy (non-hydrogen) atoms. The van der Waals surface area contributed by atoms with Crippen LogP contribution in [0.25, 0.3) is 0 Å². The molecular formula is C41H25N8O6P3. The molecule has 0 fully saturated rings. The van der Waals surface area contributed by atoms with E-state index >= 15 is 0 Å². The van der Waals surface area contributed by atoms with Gasteiger partial charge in [-0.1, -0.05) is 31.7 Å². The zero-order chi connectivity index (χ0) is 40.4. The Morgan fingerprint density at radius 3 is 0.655 bits per heavy atom. The molecule has 0 aromatic heterocycles. The number of para-hydroxylation sites is 1. The standard InChI is InChI=1S/C41H25N8O6P3/c42-26-31-6-16-37(17-7-31)51-56(50-36-4-2-1-3-5-36)47-57(52-38-18-8-32(27-43)9-19-38,53-39-20-10-33(28-44)11-21-39)49-58(48-56,54-40-22-12-34(29-45)13-23-40)55-41-24-14-35(30-46)15-25-41/h1-25H. The SMILES string of the molecule is N#Cc1ccc(OP2(Oc3ccccc3)=NP(Oc3ccc(C#N)cc3)(Oc3ccc(C#N)cc3)=NP(Oc3ccc(C#N)cc3)(Oc3ccc(C#N)cc3)=N2)cc1. The van der Waals surface area contributed by atoms with Gasteiger partial charge in [-0.25, -0.2) is 0 Å². The summed E-state index contributed by atoms with van der Waals surface area (Å²) in [7, 11) is -12.8. The summed E-state index contributed by atoms with van der Waals surface area (Å²) in [5, 5.41) is 47.7. The second-order valence-electron chi connectivity index (χ2n) is 11.8. The molecule has 0 bridgehead atoms. The van der Waals surface area contributed by atoms with E-state index in [4.69, 9.17) is 40.7 Å². The molecule has 0 N–H and O–H groups in total. The van der Waals surface area contributed by atoms with Gasteiger partial charge >= 0.3 is 23.0 Å². The van der Waals surface area contributed by atoms with Crippen LogP contribution in [-0.2, 0) is 0 Å². The normalized spacial score (nSPS) is 15.6. The van der Waals surface area contributed by atoms with Gasteiger partial charge in [0.15, 0.2) is 0 Å². The molecule has 6 aromatic rings. The van der Waals surface area contributed by atoms with Crippen LogP contribution in [0.2, 0.25) is 0 Å². The molecule has 1 aliphatic heterocycles. The Balaban J connectivity index is 1.57. The van der Waals surface area contributed by atoms with E-state index < -0.39 is 23.0 Å². The van der Waals surface area contributed by atoms with E-state index in [1.165, 1.54) is 0 Å². The van der Waals surface area contributed by atoms with Crippen molar-refractivity contribution in [1.29, 1.82) is 26.3 Å². The highest BCUT2D eigenvalue weighted by molar-refractivity contribution is 7.79. The number of hydrogen-bond donors (Lipinski definition) is 0. The van der Waals surface area contributed by atoms with Gasteiger partial charge in [-0.05, 0) is 133 Å². The maximum atomic E-state index is 9.54.